The molecule has 0 heterocycles. The minimum Gasteiger partial charge on any atom is -0.480 e. The highest BCUT2D eigenvalue weighted by atomic mass is 16.5. The third-order valence-corrected chi connectivity index (χ3v) is 5.91. The first-order chi connectivity index (χ1) is 15.5. The Hall–Kier alpha value is -3.39. The maximum absolute atomic E-state index is 12.7. The number of hydrogen-bond donors (Lipinski definition) is 2. The van der Waals surface area contributed by atoms with Crippen molar-refractivity contribution in [1.29, 1.82) is 0 Å². The number of amides is 2. The molecule has 1 saturated carbocycles. The van der Waals surface area contributed by atoms with Gasteiger partial charge in [0.05, 0.1) is 6.54 Å². The van der Waals surface area contributed by atoms with E-state index < -0.39 is 24.1 Å². The Morgan fingerprint density at radius 3 is 2.19 bits per heavy atom. The van der Waals surface area contributed by atoms with Gasteiger partial charge < -0.3 is 24.8 Å². The number of rotatable bonds is 9. The Kier molecular flexibility index (Phi) is 6.41. The van der Waals surface area contributed by atoms with Crippen LogP contribution in [0.4, 0.5) is 4.79 Å². The van der Waals surface area contributed by atoms with Crippen molar-refractivity contribution in [2.24, 2.45) is 0 Å². The van der Waals surface area contributed by atoms with Crippen molar-refractivity contribution >= 4 is 18.0 Å². The minimum absolute atomic E-state index is 0.0612. The number of ether oxygens (including phenoxy) is 2. The smallest absolute Gasteiger partial charge is 0.407 e. The largest absolute Gasteiger partial charge is 0.480 e. The second-order valence-corrected chi connectivity index (χ2v) is 8.02. The van der Waals surface area contributed by atoms with Crippen LogP contribution in [-0.4, -0.2) is 66.9 Å². The molecule has 1 unspecified atom stereocenters. The molecular formula is C24H26N2O6. The van der Waals surface area contributed by atoms with Crippen molar-refractivity contribution in [2.45, 2.75) is 30.9 Å². The topological polar surface area (TPSA) is 105 Å². The Morgan fingerprint density at radius 2 is 1.66 bits per heavy atom. The lowest BCUT2D eigenvalue weighted by molar-refractivity contribution is -0.150. The zero-order chi connectivity index (χ0) is 22.7. The van der Waals surface area contributed by atoms with Gasteiger partial charge in [-0.2, -0.15) is 0 Å². The molecule has 0 spiro atoms. The van der Waals surface area contributed by atoms with Gasteiger partial charge in [-0.05, 0) is 35.1 Å². The van der Waals surface area contributed by atoms with Gasteiger partial charge in [0.1, 0.15) is 13.2 Å². The van der Waals surface area contributed by atoms with Gasteiger partial charge in [0.2, 0.25) is 0 Å². The molecule has 1 fully saturated rings. The lowest BCUT2D eigenvalue weighted by atomic mass is 9.98. The van der Waals surface area contributed by atoms with Crippen molar-refractivity contribution < 1.29 is 29.0 Å². The zero-order valence-electron chi connectivity index (χ0n) is 17.8. The fourth-order valence-corrected chi connectivity index (χ4v) is 4.20. The number of fused-ring (bicyclic) bond motifs is 3. The first kappa shape index (κ1) is 21.8. The maximum Gasteiger partial charge on any atom is 0.407 e. The fraction of sp³-hybridized carbons (Fsp3) is 0.375. The molecule has 2 aliphatic rings. The molecule has 1 atom stereocenters. The summed E-state index contributed by atoms with van der Waals surface area (Å²) in [6, 6.07) is 16.0. The van der Waals surface area contributed by atoms with Gasteiger partial charge in [0.25, 0.3) is 5.91 Å². The molecule has 0 bridgehead atoms. The third-order valence-electron chi connectivity index (χ3n) is 5.91. The molecule has 2 aromatic rings. The summed E-state index contributed by atoms with van der Waals surface area (Å²) in [6.07, 6.45) is -0.0850. The number of benzene rings is 2. The van der Waals surface area contributed by atoms with E-state index in [1.165, 1.54) is 12.0 Å². The number of methoxy groups -OCH3 is 1. The number of carbonyl (C=O) groups is 3. The molecule has 4 rings (SSSR count). The van der Waals surface area contributed by atoms with Gasteiger partial charge in [-0.3, -0.25) is 9.59 Å². The highest BCUT2D eigenvalue weighted by Gasteiger charge is 2.37. The number of hydrogen-bond acceptors (Lipinski definition) is 5. The number of aliphatic carboxylic acids is 1. The SMILES string of the molecule is COC(CNC(=O)OCC1c2ccccc2-c2ccccc21)C(=O)N(CC(=O)O)C1CC1. The number of nitrogens with one attached hydrogen (secondary N) is 1. The predicted molar refractivity (Wildman–Crippen MR) is 116 cm³/mol. The van der Waals surface area contributed by atoms with Gasteiger partial charge in [-0.15, -0.1) is 0 Å². The average molecular weight is 438 g/mol. The maximum atomic E-state index is 12.7. The van der Waals surface area contributed by atoms with E-state index in [9.17, 15) is 14.4 Å². The fourth-order valence-electron chi connectivity index (χ4n) is 4.20. The molecule has 8 heteroatoms. The molecule has 0 aromatic heterocycles. The van der Waals surface area contributed by atoms with Crippen molar-refractivity contribution in [3.05, 3.63) is 59.7 Å². The molecule has 2 amide bonds. The van der Waals surface area contributed by atoms with Crippen molar-refractivity contribution in [2.75, 3.05) is 26.8 Å². The van der Waals surface area contributed by atoms with Gasteiger partial charge in [0, 0.05) is 19.1 Å². The van der Waals surface area contributed by atoms with Crippen LogP contribution in [0.3, 0.4) is 0 Å². The van der Waals surface area contributed by atoms with Crippen LogP contribution in [0.25, 0.3) is 11.1 Å². The van der Waals surface area contributed by atoms with E-state index in [1.54, 1.807) is 0 Å². The molecule has 0 radical (unpaired) electrons. The molecule has 2 aromatic carbocycles. The summed E-state index contributed by atoms with van der Waals surface area (Å²) in [5.41, 5.74) is 4.50. The quantitative estimate of drug-likeness (QED) is 0.624. The molecule has 168 valence electrons. The summed E-state index contributed by atoms with van der Waals surface area (Å²) in [7, 11) is 1.35. The van der Waals surface area contributed by atoms with Crippen LogP contribution in [0.2, 0.25) is 0 Å². The van der Waals surface area contributed by atoms with Crippen LogP contribution in [-0.2, 0) is 19.1 Å². The summed E-state index contributed by atoms with van der Waals surface area (Å²) in [5, 5.41) is 11.6. The highest BCUT2D eigenvalue weighted by Crippen LogP contribution is 2.44. The molecule has 0 saturated heterocycles. The predicted octanol–water partition coefficient (Wildman–Crippen LogP) is 2.62. The van der Waals surface area contributed by atoms with E-state index in [-0.39, 0.29) is 31.7 Å². The van der Waals surface area contributed by atoms with Crippen LogP contribution >= 0.6 is 0 Å². The van der Waals surface area contributed by atoms with E-state index in [0.29, 0.717) is 0 Å². The zero-order valence-corrected chi connectivity index (χ0v) is 17.8. The van der Waals surface area contributed by atoms with E-state index in [2.05, 4.69) is 17.4 Å². The first-order valence-electron chi connectivity index (χ1n) is 10.6. The minimum atomic E-state index is -1.08. The Bertz CT molecular complexity index is 974. The lowest BCUT2D eigenvalue weighted by Gasteiger charge is -2.25. The number of nitrogens with zero attached hydrogens (tertiary/aromatic N) is 1. The first-order valence-corrected chi connectivity index (χ1v) is 10.6. The monoisotopic (exact) mass is 438 g/mol. The summed E-state index contributed by atoms with van der Waals surface area (Å²) in [4.78, 5) is 37.4. The van der Waals surface area contributed by atoms with Gasteiger partial charge in [-0.25, -0.2) is 4.79 Å². The molecule has 8 nitrogen and oxygen atoms in total. The summed E-state index contributed by atoms with van der Waals surface area (Å²) in [6.45, 7) is -0.318. The molecular weight excluding hydrogens is 412 g/mol. The number of carboxylic acid groups (broad SMARTS) is 1. The van der Waals surface area contributed by atoms with E-state index in [4.69, 9.17) is 14.6 Å². The lowest BCUT2D eigenvalue weighted by Crippen LogP contribution is -2.48. The van der Waals surface area contributed by atoms with Gasteiger partial charge in [-0.1, -0.05) is 48.5 Å². The molecule has 0 aliphatic heterocycles. The Balaban J connectivity index is 1.34. The second-order valence-electron chi connectivity index (χ2n) is 8.02. The van der Waals surface area contributed by atoms with Crippen molar-refractivity contribution in [3.8, 4) is 11.1 Å². The van der Waals surface area contributed by atoms with Crippen LogP contribution in [0.5, 0.6) is 0 Å². The van der Waals surface area contributed by atoms with E-state index in [0.717, 1.165) is 35.1 Å². The van der Waals surface area contributed by atoms with Crippen LogP contribution in [0.15, 0.2) is 48.5 Å². The van der Waals surface area contributed by atoms with E-state index in [1.807, 2.05) is 36.4 Å². The molecule has 2 N–H and O–H groups in total. The van der Waals surface area contributed by atoms with Crippen LogP contribution < -0.4 is 5.32 Å². The van der Waals surface area contributed by atoms with Crippen molar-refractivity contribution in [1.82, 2.24) is 10.2 Å². The highest BCUT2D eigenvalue weighted by molar-refractivity contribution is 5.86. The van der Waals surface area contributed by atoms with Crippen molar-refractivity contribution in [3.63, 3.8) is 0 Å². The van der Waals surface area contributed by atoms with E-state index >= 15 is 0 Å². The Morgan fingerprint density at radius 1 is 1.06 bits per heavy atom. The second kappa shape index (κ2) is 9.40. The normalized spacial score (nSPS) is 15.4. The standard InChI is InChI=1S/C24H26N2O6/c1-31-21(23(29)26(13-22(27)28)15-10-11-15)12-25-24(30)32-14-20-18-8-4-2-6-16(18)17-7-3-5-9-19(17)20/h2-9,15,20-21H,10-14H2,1H3,(H,25,30)(H,27,28). The van der Waals surface area contributed by atoms with Gasteiger partial charge in [0.15, 0.2) is 6.10 Å². The summed E-state index contributed by atoms with van der Waals surface area (Å²) >= 11 is 0. The van der Waals surface area contributed by atoms with Crippen LogP contribution in [0.1, 0.15) is 29.9 Å². The number of carbonyl (C=O) groups excluding carboxylic acids is 2. The average Bonchev–Trinajstić information content (AvgIpc) is 3.59. The van der Waals surface area contributed by atoms with Crippen LogP contribution in [0, 0.1) is 0 Å². The number of carboxylic acids is 1. The van der Waals surface area contributed by atoms with Gasteiger partial charge >= 0.3 is 12.1 Å². The molecule has 2 aliphatic carbocycles. The third kappa shape index (κ3) is 4.60. The Labute approximate surface area is 186 Å². The number of alkyl carbamates (subject to hydrolysis) is 1. The summed E-state index contributed by atoms with van der Waals surface area (Å²) in [5.74, 6) is -1.59. The molecule has 32 heavy (non-hydrogen) atoms. The summed E-state index contributed by atoms with van der Waals surface area (Å²) < 4.78 is 10.7.